The zero-order valence-corrected chi connectivity index (χ0v) is 17.2. The first kappa shape index (κ1) is 19.7. The van der Waals surface area contributed by atoms with Crippen molar-refractivity contribution in [3.63, 3.8) is 0 Å². The van der Waals surface area contributed by atoms with Crippen molar-refractivity contribution in [2.24, 2.45) is 4.99 Å². The third-order valence-electron chi connectivity index (χ3n) is 4.80. The van der Waals surface area contributed by atoms with Gasteiger partial charge in [0.15, 0.2) is 5.17 Å². The zero-order chi connectivity index (χ0) is 21.3. The van der Waals surface area contributed by atoms with Crippen LogP contribution >= 0.6 is 11.8 Å². The number of nitrogens with zero attached hydrogens (tertiary/aromatic N) is 2. The molecule has 1 aliphatic rings. The molecule has 6 nitrogen and oxygen atoms in total. The van der Waals surface area contributed by atoms with Crippen molar-refractivity contribution in [2.75, 3.05) is 0 Å². The van der Waals surface area contributed by atoms with E-state index in [0.717, 1.165) is 16.9 Å². The molecule has 1 aromatic heterocycles. The first-order valence-corrected chi connectivity index (χ1v) is 10.1. The topological polar surface area (TPSA) is 83.7 Å². The fourth-order valence-electron chi connectivity index (χ4n) is 3.06. The number of carboxylic acid groups (broad SMARTS) is 1. The molecule has 1 fully saturated rings. The highest BCUT2D eigenvalue weighted by molar-refractivity contribution is 8.18. The van der Waals surface area contributed by atoms with Gasteiger partial charge in [0.1, 0.15) is 0 Å². The molecular weight excluding hydrogens is 398 g/mol. The summed E-state index contributed by atoms with van der Waals surface area (Å²) in [6, 6.07) is 16.3. The van der Waals surface area contributed by atoms with Crippen molar-refractivity contribution >= 4 is 40.6 Å². The lowest BCUT2D eigenvalue weighted by Crippen LogP contribution is -2.19. The number of benzene rings is 2. The molecule has 1 aliphatic heterocycles. The molecule has 0 spiro atoms. The van der Waals surface area contributed by atoms with Crippen LogP contribution in [0.25, 0.3) is 11.8 Å². The minimum atomic E-state index is -0.984. The fraction of sp³-hybridized carbons (Fsp3) is 0.0870. The summed E-state index contributed by atoms with van der Waals surface area (Å²) in [5.41, 5.74) is 4.80. The lowest BCUT2D eigenvalue weighted by atomic mass is 10.1. The Kier molecular flexibility index (Phi) is 5.29. The average Bonchev–Trinajstić information content (AvgIpc) is 3.31. The van der Waals surface area contributed by atoms with Gasteiger partial charge in [-0.3, -0.25) is 4.79 Å². The summed E-state index contributed by atoms with van der Waals surface area (Å²) in [6.07, 6.45) is 3.60. The third kappa shape index (κ3) is 4.06. The molecule has 3 aromatic rings. The molecular formula is C23H19N3O3S. The van der Waals surface area contributed by atoms with E-state index in [4.69, 9.17) is 0 Å². The van der Waals surface area contributed by atoms with Gasteiger partial charge in [0, 0.05) is 17.6 Å². The molecule has 0 unspecified atom stereocenters. The molecule has 2 aromatic carbocycles. The fourth-order valence-corrected chi connectivity index (χ4v) is 3.89. The number of aryl methyl sites for hydroxylation is 2. The number of amidine groups is 1. The normalized spacial score (nSPS) is 16.3. The Bertz CT molecular complexity index is 1220. The smallest absolute Gasteiger partial charge is 0.335 e. The van der Waals surface area contributed by atoms with E-state index in [1.807, 2.05) is 61.0 Å². The average molecular weight is 417 g/mol. The summed E-state index contributed by atoms with van der Waals surface area (Å²) < 4.78 is 1.84. The van der Waals surface area contributed by atoms with Crippen molar-refractivity contribution in [3.05, 3.63) is 88.1 Å². The minimum absolute atomic E-state index is 0.204. The highest BCUT2D eigenvalue weighted by Crippen LogP contribution is 2.29. The molecule has 2 heterocycles. The van der Waals surface area contributed by atoms with Crippen LogP contribution in [0.1, 0.15) is 27.2 Å². The Morgan fingerprint density at radius 3 is 2.70 bits per heavy atom. The van der Waals surface area contributed by atoms with Gasteiger partial charge in [0.05, 0.1) is 16.2 Å². The van der Waals surface area contributed by atoms with Crippen molar-refractivity contribution in [2.45, 2.75) is 13.8 Å². The van der Waals surface area contributed by atoms with Crippen LogP contribution in [0.4, 0.5) is 5.69 Å². The number of nitrogens with one attached hydrogen (secondary N) is 1. The lowest BCUT2D eigenvalue weighted by Gasteiger charge is -2.07. The molecule has 30 heavy (non-hydrogen) atoms. The van der Waals surface area contributed by atoms with Gasteiger partial charge < -0.3 is 15.0 Å². The van der Waals surface area contributed by atoms with Crippen LogP contribution in [0.5, 0.6) is 0 Å². The molecule has 0 aliphatic carbocycles. The summed E-state index contributed by atoms with van der Waals surface area (Å²) >= 11 is 1.28. The monoisotopic (exact) mass is 417 g/mol. The van der Waals surface area contributed by atoms with E-state index in [0.29, 0.717) is 15.8 Å². The second-order valence-corrected chi connectivity index (χ2v) is 7.94. The van der Waals surface area contributed by atoms with E-state index in [1.165, 1.54) is 17.3 Å². The first-order chi connectivity index (χ1) is 14.4. The maximum atomic E-state index is 12.4. The Morgan fingerprint density at radius 1 is 1.10 bits per heavy atom. The summed E-state index contributed by atoms with van der Waals surface area (Å²) in [5, 5.41) is 12.6. The highest BCUT2D eigenvalue weighted by atomic mass is 32.2. The van der Waals surface area contributed by atoms with Crippen molar-refractivity contribution in [1.29, 1.82) is 0 Å². The van der Waals surface area contributed by atoms with Gasteiger partial charge in [0.2, 0.25) is 0 Å². The molecule has 2 N–H and O–H groups in total. The van der Waals surface area contributed by atoms with Crippen molar-refractivity contribution in [1.82, 2.24) is 9.88 Å². The van der Waals surface area contributed by atoms with Crippen LogP contribution in [0.3, 0.4) is 0 Å². The number of carbonyl (C=O) groups excluding carboxylic acids is 1. The van der Waals surface area contributed by atoms with Gasteiger partial charge in [-0.2, -0.15) is 0 Å². The molecule has 0 saturated carbocycles. The molecule has 150 valence electrons. The standard InChI is InChI=1S/C23H19N3O3S/c1-14-8-9-17(11-15(14)2)24-23-25-21(27)20(30-23)13-19-7-4-10-26(19)18-6-3-5-16(12-18)22(28)29/h3-13H,1-2H3,(H,28,29)(H,24,25,27). The van der Waals surface area contributed by atoms with Crippen LogP contribution in [-0.4, -0.2) is 26.7 Å². The molecule has 7 heteroatoms. The van der Waals surface area contributed by atoms with Crippen molar-refractivity contribution in [3.8, 4) is 5.69 Å². The van der Waals surface area contributed by atoms with E-state index in [-0.39, 0.29) is 11.5 Å². The predicted octanol–water partition coefficient (Wildman–Crippen LogP) is 4.68. The van der Waals surface area contributed by atoms with E-state index in [1.54, 1.807) is 24.3 Å². The van der Waals surface area contributed by atoms with E-state index >= 15 is 0 Å². The summed E-state index contributed by atoms with van der Waals surface area (Å²) in [5.74, 6) is -1.20. The number of aromatic carboxylic acids is 1. The van der Waals surface area contributed by atoms with Gasteiger partial charge >= 0.3 is 5.97 Å². The van der Waals surface area contributed by atoms with Crippen LogP contribution in [0.15, 0.2) is 70.7 Å². The van der Waals surface area contributed by atoms with Crippen molar-refractivity contribution < 1.29 is 14.7 Å². The van der Waals surface area contributed by atoms with Gasteiger partial charge in [-0.15, -0.1) is 0 Å². The molecule has 4 rings (SSSR count). The van der Waals surface area contributed by atoms with E-state index < -0.39 is 5.97 Å². The molecule has 1 saturated heterocycles. The van der Waals surface area contributed by atoms with Crippen LogP contribution in [0, 0.1) is 13.8 Å². The zero-order valence-electron chi connectivity index (χ0n) is 16.4. The van der Waals surface area contributed by atoms with Crippen LogP contribution < -0.4 is 5.32 Å². The van der Waals surface area contributed by atoms with Crippen LogP contribution in [-0.2, 0) is 4.79 Å². The number of hydrogen-bond acceptors (Lipinski definition) is 4. The highest BCUT2D eigenvalue weighted by Gasteiger charge is 2.24. The Hall–Kier alpha value is -3.58. The lowest BCUT2D eigenvalue weighted by molar-refractivity contribution is -0.115. The van der Waals surface area contributed by atoms with Gasteiger partial charge in [-0.1, -0.05) is 12.1 Å². The van der Waals surface area contributed by atoms with E-state index in [2.05, 4.69) is 10.3 Å². The van der Waals surface area contributed by atoms with Gasteiger partial charge in [0.25, 0.3) is 5.91 Å². The Balaban J connectivity index is 1.62. The number of carboxylic acids is 1. The molecule has 0 radical (unpaired) electrons. The number of amides is 1. The Morgan fingerprint density at radius 2 is 1.93 bits per heavy atom. The summed E-state index contributed by atoms with van der Waals surface area (Å²) in [7, 11) is 0. The second kappa shape index (κ2) is 8.04. The number of carbonyl (C=O) groups is 2. The SMILES string of the molecule is Cc1ccc(N=C2NC(=O)C(=Cc3cccn3-c3cccc(C(=O)O)c3)S2)cc1C. The molecule has 1 amide bonds. The predicted molar refractivity (Wildman–Crippen MR) is 119 cm³/mol. The van der Waals surface area contributed by atoms with Gasteiger partial charge in [-0.05, 0) is 85.3 Å². The van der Waals surface area contributed by atoms with Crippen LogP contribution in [0.2, 0.25) is 0 Å². The summed E-state index contributed by atoms with van der Waals surface area (Å²) in [6.45, 7) is 4.07. The number of hydrogen-bond donors (Lipinski definition) is 2. The number of thioether (sulfide) groups is 1. The maximum Gasteiger partial charge on any atom is 0.335 e. The minimum Gasteiger partial charge on any atom is -0.478 e. The van der Waals surface area contributed by atoms with Gasteiger partial charge in [-0.25, -0.2) is 9.79 Å². The molecule has 0 atom stereocenters. The first-order valence-electron chi connectivity index (χ1n) is 9.28. The quantitative estimate of drug-likeness (QED) is 0.604. The Labute approximate surface area is 178 Å². The second-order valence-electron chi connectivity index (χ2n) is 6.91. The summed E-state index contributed by atoms with van der Waals surface area (Å²) in [4.78, 5) is 28.8. The number of aliphatic imine (C=N–C) groups is 1. The number of aromatic nitrogens is 1. The maximum absolute atomic E-state index is 12.4. The molecule has 0 bridgehead atoms. The van der Waals surface area contributed by atoms with E-state index in [9.17, 15) is 14.7 Å². The largest absolute Gasteiger partial charge is 0.478 e. The number of rotatable bonds is 4. The third-order valence-corrected chi connectivity index (χ3v) is 5.71.